The number of fused-ring (bicyclic) bond motifs is 1. The summed E-state index contributed by atoms with van der Waals surface area (Å²) in [5, 5.41) is 0. The second-order valence-electron chi connectivity index (χ2n) is 5.01. The summed E-state index contributed by atoms with van der Waals surface area (Å²) >= 11 is 1.60. The molecule has 1 N–H and O–H groups in total. The number of rotatable bonds is 3. The van der Waals surface area contributed by atoms with E-state index in [2.05, 4.69) is 25.7 Å². The first-order valence-electron chi connectivity index (χ1n) is 6.43. The molecule has 6 nitrogen and oxygen atoms in total. The molecule has 108 valence electrons. The Hall–Kier alpha value is -1.25. The second-order valence-corrected chi connectivity index (χ2v) is 7.68. The van der Waals surface area contributed by atoms with Crippen molar-refractivity contribution in [1.29, 1.82) is 0 Å². The van der Waals surface area contributed by atoms with Gasteiger partial charge in [0, 0.05) is 25.2 Å². The number of piperidine rings is 1. The maximum Gasteiger partial charge on any atom is 0.208 e. The van der Waals surface area contributed by atoms with E-state index in [1.165, 1.54) is 6.26 Å². The molecular formula is C12H16N4O2S2. The van der Waals surface area contributed by atoms with E-state index in [1.807, 2.05) is 5.51 Å². The van der Waals surface area contributed by atoms with Crippen LogP contribution in [0.1, 0.15) is 12.8 Å². The number of anilines is 1. The van der Waals surface area contributed by atoms with Crippen LogP contribution in [0.25, 0.3) is 10.2 Å². The summed E-state index contributed by atoms with van der Waals surface area (Å²) in [5.74, 6) is 0.944. The van der Waals surface area contributed by atoms with Gasteiger partial charge >= 0.3 is 0 Å². The van der Waals surface area contributed by atoms with Crippen LogP contribution in [0.4, 0.5) is 5.82 Å². The Morgan fingerprint density at radius 3 is 2.80 bits per heavy atom. The van der Waals surface area contributed by atoms with Crippen LogP contribution in [-0.4, -0.2) is 43.8 Å². The van der Waals surface area contributed by atoms with Crippen molar-refractivity contribution in [2.24, 2.45) is 0 Å². The summed E-state index contributed by atoms with van der Waals surface area (Å²) in [4.78, 5) is 10.8. The van der Waals surface area contributed by atoms with Gasteiger partial charge < -0.3 is 4.90 Å². The number of pyridine rings is 1. The highest BCUT2D eigenvalue weighted by atomic mass is 32.2. The molecule has 3 heterocycles. The number of hydrogen-bond acceptors (Lipinski definition) is 6. The van der Waals surface area contributed by atoms with Crippen LogP contribution in [0, 0.1) is 0 Å². The van der Waals surface area contributed by atoms with Crippen LogP contribution in [0.3, 0.4) is 0 Å². The molecule has 0 saturated carbocycles. The number of hydrogen-bond donors (Lipinski definition) is 1. The number of aromatic nitrogens is 2. The van der Waals surface area contributed by atoms with E-state index in [1.54, 1.807) is 17.5 Å². The van der Waals surface area contributed by atoms with Gasteiger partial charge in [0.2, 0.25) is 10.0 Å². The van der Waals surface area contributed by atoms with Crippen molar-refractivity contribution in [3.63, 3.8) is 0 Å². The zero-order valence-corrected chi connectivity index (χ0v) is 12.7. The van der Waals surface area contributed by atoms with Crippen molar-refractivity contribution in [1.82, 2.24) is 14.7 Å². The van der Waals surface area contributed by atoms with Crippen molar-refractivity contribution in [3.05, 3.63) is 17.8 Å². The third kappa shape index (κ3) is 3.08. The number of sulfonamides is 1. The third-order valence-corrected chi connectivity index (χ3v) is 4.96. The molecule has 0 radical (unpaired) electrons. The minimum atomic E-state index is -3.12. The molecule has 3 rings (SSSR count). The minimum Gasteiger partial charge on any atom is -0.356 e. The highest BCUT2D eigenvalue weighted by molar-refractivity contribution is 7.88. The number of nitrogens with zero attached hydrogens (tertiary/aromatic N) is 3. The standard InChI is InChI=1S/C12H16N4O2S2/c1-20(17,18)15-9-2-4-16(5-3-9)12-6-11-10(7-13-12)14-8-19-11/h6-9,15H,2-5H2,1H3. The van der Waals surface area contributed by atoms with Crippen molar-refractivity contribution in [3.8, 4) is 0 Å². The quantitative estimate of drug-likeness (QED) is 0.922. The lowest BCUT2D eigenvalue weighted by Crippen LogP contribution is -2.44. The van der Waals surface area contributed by atoms with E-state index in [-0.39, 0.29) is 6.04 Å². The molecule has 0 aliphatic carbocycles. The molecule has 1 aliphatic heterocycles. The predicted octanol–water partition coefficient (Wildman–Crippen LogP) is 1.21. The summed E-state index contributed by atoms with van der Waals surface area (Å²) in [6.07, 6.45) is 4.60. The Bertz CT molecular complexity index is 705. The predicted molar refractivity (Wildman–Crippen MR) is 80.6 cm³/mol. The summed E-state index contributed by atoms with van der Waals surface area (Å²) in [7, 11) is -3.12. The van der Waals surface area contributed by atoms with Crippen LogP contribution in [0.2, 0.25) is 0 Å². The van der Waals surface area contributed by atoms with Crippen molar-refractivity contribution < 1.29 is 8.42 Å². The van der Waals surface area contributed by atoms with Gasteiger partial charge in [-0.05, 0) is 12.8 Å². The van der Waals surface area contributed by atoms with Gasteiger partial charge in [-0.25, -0.2) is 23.1 Å². The molecule has 2 aromatic rings. The van der Waals surface area contributed by atoms with Gasteiger partial charge in [0.15, 0.2) is 0 Å². The molecule has 20 heavy (non-hydrogen) atoms. The molecule has 0 atom stereocenters. The van der Waals surface area contributed by atoms with E-state index >= 15 is 0 Å². The smallest absolute Gasteiger partial charge is 0.208 e. The summed E-state index contributed by atoms with van der Waals surface area (Å²) in [6, 6.07) is 2.09. The molecule has 1 fully saturated rings. The molecule has 1 saturated heterocycles. The third-order valence-electron chi connectivity index (χ3n) is 3.40. The Morgan fingerprint density at radius 2 is 2.10 bits per heavy atom. The van der Waals surface area contributed by atoms with Gasteiger partial charge in [-0.3, -0.25) is 0 Å². The first kappa shape index (κ1) is 13.7. The number of nitrogens with one attached hydrogen (secondary N) is 1. The lowest BCUT2D eigenvalue weighted by Gasteiger charge is -2.32. The first-order valence-corrected chi connectivity index (χ1v) is 9.20. The highest BCUT2D eigenvalue weighted by Crippen LogP contribution is 2.24. The average molecular weight is 312 g/mol. The largest absolute Gasteiger partial charge is 0.356 e. The van der Waals surface area contributed by atoms with Crippen molar-refractivity contribution in [2.45, 2.75) is 18.9 Å². The lowest BCUT2D eigenvalue weighted by atomic mass is 10.1. The summed E-state index contributed by atoms with van der Waals surface area (Å²) in [6.45, 7) is 1.62. The van der Waals surface area contributed by atoms with Gasteiger partial charge in [-0.1, -0.05) is 0 Å². The van der Waals surface area contributed by atoms with Crippen LogP contribution < -0.4 is 9.62 Å². The molecule has 0 aromatic carbocycles. The molecule has 0 bridgehead atoms. The van der Waals surface area contributed by atoms with Gasteiger partial charge in [-0.2, -0.15) is 0 Å². The summed E-state index contributed by atoms with van der Waals surface area (Å²) in [5.41, 5.74) is 2.74. The Kier molecular flexibility index (Phi) is 3.61. The summed E-state index contributed by atoms with van der Waals surface area (Å²) < 4.78 is 26.3. The molecule has 1 aliphatic rings. The molecule has 0 spiro atoms. The molecule has 8 heteroatoms. The van der Waals surface area contributed by atoms with E-state index < -0.39 is 10.0 Å². The second kappa shape index (κ2) is 5.27. The van der Waals surface area contributed by atoms with Gasteiger partial charge in [-0.15, -0.1) is 11.3 Å². The normalized spacial score (nSPS) is 17.8. The fraction of sp³-hybridized carbons (Fsp3) is 0.500. The fourth-order valence-electron chi connectivity index (χ4n) is 2.45. The Morgan fingerprint density at radius 1 is 1.35 bits per heavy atom. The fourth-order valence-corrected chi connectivity index (χ4v) is 3.97. The molecule has 0 unspecified atom stereocenters. The maximum absolute atomic E-state index is 11.2. The van der Waals surface area contributed by atoms with E-state index in [4.69, 9.17) is 0 Å². The van der Waals surface area contributed by atoms with Crippen molar-refractivity contribution >= 4 is 37.4 Å². The zero-order chi connectivity index (χ0) is 14.2. The zero-order valence-electron chi connectivity index (χ0n) is 11.1. The van der Waals surface area contributed by atoms with Crippen LogP contribution in [-0.2, 0) is 10.0 Å². The molecule has 0 amide bonds. The Labute approximate surface area is 121 Å². The van der Waals surface area contributed by atoms with Gasteiger partial charge in [0.05, 0.1) is 28.2 Å². The first-order chi connectivity index (χ1) is 9.51. The SMILES string of the molecule is CS(=O)(=O)NC1CCN(c2cc3scnc3cn2)CC1. The average Bonchev–Trinajstić information content (AvgIpc) is 2.85. The van der Waals surface area contributed by atoms with E-state index in [0.29, 0.717) is 0 Å². The van der Waals surface area contributed by atoms with Gasteiger partial charge in [0.25, 0.3) is 0 Å². The van der Waals surface area contributed by atoms with Crippen LogP contribution in [0.15, 0.2) is 17.8 Å². The molecular weight excluding hydrogens is 296 g/mol. The lowest BCUT2D eigenvalue weighted by molar-refractivity contribution is 0.460. The molecule has 2 aromatic heterocycles. The van der Waals surface area contributed by atoms with Gasteiger partial charge in [0.1, 0.15) is 5.82 Å². The number of thiazole rings is 1. The van der Waals surface area contributed by atoms with E-state index in [0.717, 1.165) is 42.0 Å². The van der Waals surface area contributed by atoms with E-state index in [9.17, 15) is 8.42 Å². The van der Waals surface area contributed by atoms with Crippen LogP contribution in [0.5, 0.6) is 0 Å². The highest BCUT2D eigenvalue weighted by Gasteiger charge is 2.22. The van der Waals surface area contributed by atoms with Crippen molar-refractivity contribution in [2.75, 3.05) is 24.2 Å². The maximum atomic E-state index is 11.2. The monoisotopic (exact) mass is 312 g/mol. The topological polar surface area (TPSA) is 75.2 Å². The minimum absolute atomic E-state index is 0.0355. The van der Waals surface area contributed by atoms with Crippen LogP contribution >= 0.6 is 11.3 Å². The Balaban J connectivity index is 1.68.